The molecule has 2 aromatic rings. The topological polar surface area (TPSA) is 20.3 Å². The van der Waals surface area contributed by atoms with Gasteiger partial charge in [0.15, 0.2) is 0 Å². The monoisotopic (exact) mass is 327 g/mol. The Kier molecular flexibility index (Phi) is 4.90. The molecule has 6 heteroatoms. The molecule has 0 atom stereocenters. The van der Waals surface area contributed by atoms with E-state index in [9.17, 15) is 18.0 Å². The van der Waals surface area contributed by atoms with Crippen LogP contribution in [0.3, 0.4) is 0 Å². The van der Waals surface area contributed by atoms with Crippen molar-refractivity contribution in [2.75, 3.05) is 7.05 Å². The van der Waals surface area contributed by atoms with E-state index in [-0.39, 0.29) is 17.9 Å². The van der Waals surface area contributed by atoms with Crippen molar-refractivity contribution in [3.05, 3.63) is 57.3 Å². The highest BCUT2D eigenvalue weighted by Gasteiger charge is 2.33. The van der Waals surface area contributed by atoms with Crippen molar-refractivity contribution in [1.82, 2.24) is 4.90 Å². The number of carbonyl (C=O) groups is 1. The molecule has 1 heterocycles. The Labute approximate surface area is 131 Å². The van der Waals surface area contributed by atoms with Crippen LogP contribution in [-0.4, -0.2) is 17.9 Å². The highest BCUT2D eigenvalue weighted by Crippen LogP contribution is 2.32. The van der Waals surface area contributed by atoms with Crippen molar-refractivity contribution in [3.8, 4) is 0 Å². The molecular formula is C16H16F3NOS. The maximum atomic E-state index is 12.9. The van der Waals surface area contributed by atoms with Gasteiger partial charge in [-0.15, -0.1) is 11.3 Å². The molecule has 0 radical (unpaired) electrons. The SMILES string of the molecule is Cc1ccsc1CN(C)C(=O)Cc1ccccc1C(F)(F)F. The number of carbonyl (C=O) groups excluding carboxylic acids is 1. The Morgan fingerprint density at radius 2 is 1.91 bits per heavy atom. The first-order valence-corrected chi connectivity index (χ1v) is 7.59. The molecule has 1 amide bonds. The molecule has 0 fully saturated rings. The summed E-state index contributed by atoms with van der Waals surface area (Å²) in [5.74, 6) is -0.329. The summed E-state index contributed by atoms with van der Waals surface area (Å²) in [7, 11) is 1.61. The van der Waals surface area contributed by atoms with Gasteiger partial charge in [-0.3, -0.25) is 4.79 Å². The van der Waals surface area contributed by atoms with Gasteiger partial charge in [0.05, 0.1) is 18.5 Å². The molecule has 0 bridgehead atoms. The first-order chi connectivity index (χ1) is 10.3. The fourth-order valence-corrected chi connectivity index (χ4v) is 3.08. The second kappa shape index (κ2) is 6.52. The fraction of sp³-hybridized carbons (Fsp3) is 0.312. The molecule has 22 heavy (non-hydrogen) atoms. The molecule has 0 saturated heterocycles. The summed E-state index contributed by atoms with van der Waals surface area (Å²) in [5.41, 5.74) is 0.346. The number of amides is 1. The van der Waals surface area contributed by atoms with Gasteiger partial charge in [-0.2, -0.15) is 13.2 Å². The predicted molar refractivity (Wildman–Crippen MR) is 80.7 cm³/mol. The lowest BCUT2D eigenvalue weighted by Gasteiger charge is -2.18. The number of nitrogens with zero attached hydrogens (tertiary/aromatic N) is 1. The predicted octanol–water partition coefficient (Wildman–Crippen LogP) is 4.28. The number of alkyl halides is 3. The minimum Gasteiger partial charge on any atom is -0.340 e. The number of thiophene rings is 1. The van der Waals surface area contributed by atoms with Crippen LogP contribution in [0.1, 0.15) is 21.6 Å². The van der Waals surface area contributed by atoms with Crippen LogP contribution in [0, 0.1) is 6.92 Å². The van der Waals surface area contributed by atoms with Crippen LogP contribution in [0.4, 0.5) is 13.2 Å². The van der Waals surface area contributed by atoms with Crippen LogP contribution < -0.4 is 0 Å². The van der Waals surface area contributed by atoms with Gasteiger partial charge in [0.25, 0.3) is 0 Å². The van der Waals surface area contributed by atoms with E-state index in [1.165, 1.54) is 34.4 Å². The smallest absolute Gasteiger partial charge is 0.340 e. The van der Waals surface area contributed by atoms with Crippen molar-refractivity contribution in [2.45, 2.75) is 26.1 Å². The van der Waals surface area contributed by atoms with Gasteiger partial charge >= 0.3 is 6.18 Å². The molecule has 0 aliphatic carbocycles. The normalized spacial score (nSPS) is 11.5. The van der Waals surface area contributed by atoms with E-state index in [1.807, 2.05) is 18.4 Å². The fourth-order valence-electron chi connectivity index (χ4n) is 2.12. The Hall–Kier alpha value is -1.82. The van der Waals surface area contributed by atoms with E-state index < -0.39 is 11.7 Å². The molecule has 2 nitrogen and oxygen atoms in total. The van der Waals surface area contributed by atoms with Gasteiger partial charge in [-0.25, -0.2) is 0 Å². The lowest BCUT2D eigenvalue weighted by Crippen LogP contribution is -2.28. The second-order valence-electron chi connectivity index (χ2n) is 5.11. The zero-order valence-corrected chi connectivity index (χ0v) is 13.1. The summed E-state index contributed by atoms with van der Waals surface area (Å²) >= 11 is 1.54. The van der Waals surface area contributed by atoms with Crippen molar-refractivity contribution < 1.29 is 18.0 Å². The number of aryl methyl sites for hydroxylation is 1. The van der Waals surface area contributed by atoms with Crippen LogP contribution in [-0.2, 0) is 23.9 Å². The maximum absolute atomic E-state index is 12.9. The molecule has 0 saturated carbocycles. The number of hydrogen-bond acceptors (Lipinski definition) is 2. The minimum atomic E-state index is -4.44. The molecule has 0 aliphatic rings. The summed E-state index contributed by atoms with van der Waals surface area (Å²) in [6.45, 7) is 2.36. The zero-order valence-electron chi connectivity index (χ0n) is 12.3. The van der Waals surface area contributed by atoms with Crippen LogP contribution >= 0.6 is 11.3 Å². The van der Waals surface area contributed by atoms with Crippen LogP contribution in [0.5, 0.6) is 0 Å². The summed E-state index contributed by atoms with van der Waals surface area (Å²) < 4.78 is 38.8. The van der Waals surface area contributed by atoms with Crippen LogP contribution in [0.2, 0.25) is 0 Å². The van der Waals surface area contributed by atoms with Crippen LogP contribution in [0.25, 0.3) is 0 Å². The van der Waals surface area contributed by atoms with E-state index in [4.69, 9.17) is 0 Å². The molecule has 2 rings (SSSR count). The van der Waals surface area contributed by atoms with E-state index >= 15 is 0 Å². The molecule has 1 aromatic carbocycles. The quantitative estimate of drug-likeness (QED) is 0.821. The van der Waals surface area contributed by atoms with Gasteiger partial charge in [-0.05, 0) is 35.6 Å². The molecule has 0 aliphatic heterocycles. The van der Waals surface area contributed by atoms with Crippen LogP contribution in [0.15, 0.2) is 35.7 Å². The van der Waals surface area contributed by atoms with Gasteiger partial charge in [0, 0.05) is 11.9 Å². The van der Waals surface area contributed by atoms with Gasteiger partial charge in [0.1, 0.15) is 0 Å². The average Bonchev–Trinajstić information content (AvgIpc) is 2.83. The van der Waals surface area contributed by atoms with Crippen molar-refractivity contribution in [3.63, 3.8) is 0 Å². The van der Waals surface area contributed by atoms with Crippen molar-refractivity contribution in [1.29, 1.82) is 0 Å². The van der Waals surface area contributed by atoms with E-state index in [0.29, 0.717) is 6.54 Å². The standard InChI is InChI=1S/C16H16F3NOS/c1-11-7-8-22-14(11)10-20(2)15(21)9-12-5-3-4-6-13(12)16(17,18)19/h3-8H,9-10H2,1-2H3. The van der Waals surface area contributed by atoms with Gasteiger partial charge in [0.2, 0.25) is 5.91 Å². The summed E-state index contributed by atoms with van der Waals surface area (Å²) in [4.78, 5) is 14.7. The Morgan fingerprint density at radius 1 is 1.23 bits per heavy atom. The zero-order chi connectivity index (χ0) is 16.3. The largest absolute Gasteiger partial charge is 0.416 e. The molecule has 0 spiro atoms. The van der Waals surface area contributed by atoms with Gasteiger partial charge in [-0.1, -0.05) is 18.2 Å². The maximum Gasteiger partial charge on any atom is 0.416 e. The summed E-state index contributed by atoms with van der Waals surface area (Å²) in [5, 5.41) is 1.93. The molecule has 118 valence electrons. The Bertz CT molecular complexity index is 663. The second-order valence-corrected chi connectivity index (χ2v) is 6.11. The number of halogens is 3. The van der Waals surface area contributed by atoms with Crippen molar-refractivity contribution >= 4 is 17.2 Å². The highest BCUT2D eigenvalue weighted by atomic mass is 32.1. The lowest BCUT2D eigenvalue weighted by atomic mass is 10.0. The summed E-state index contributed by atoms with van der Waals surface area (Å²) in [6, 6.07) is 7.16. The highest BCUT2D eigenvalue weighted by molar-refractivity contribution is 7.10. The number of benzene rings is 1. The number of hydrogen-bond donors (Lipinski definition) is 0. The number of rotatable bonds is 4. The Balaban J connectivity index is 2.11. The molecule has 0 unspecified atom stereocenters. The third kappa shape index (κ3) is 3.88. The summed E-state index contributed by atoms with van der Waals surface area (Å²) in [6.07, 6.45) is -4.70. The third-order valence-corrected chi connectivity index (χ3v) is 4.45. The van der Waals surface area contributed by atoms with E-state index in [0.717, 1.165) is 16.5 Å². The first kappa shape index (κ1) is 16.5. The van der Waals surface area contributed by atoms with Crippen molar-refractivity contribution in [2.24, 2.45) is 0 Å². The minimum absolute atomic E-state index is 0.00903. The van der Waals surface area contributed by atoms with Gasteiger partial charge < -0.3 is 4.90 Å². The number of likely N-dealkylation sites (N-methyl/N-ethyl adjacent to an activating group) is 1. The average molecular weight is 327 g/mol. The van der Waals surface area contributed by atoms with E-state index in [2.05, 4.69) is 0 Å². The lowest BCUT2D eigenvalue weighted by molar-refractivity contribution is -0.138. The molecule has 1 aromatic heterocycles. The third-order valence-electron chi connectivity index (χ3n) is 3.44. The molecule has 0 N–H and O–H groups in total. The first-order valence-electron chi connectivity index (χ1n) is 6.71. The molecular weight excluding hydrogens is 311 g/mol. The van der Waals surface area contributed by atoms with E-state index in [1.54, 1.807) is 7.05 Å². The Morgan fingerprint density at radius 3 is 2.50 bits per heavy atom.